The Labute approximate surface area is 66.1 Å². The first-order valence-electron chi connectivity index (χ1n) is 3.20. The van der Waals surface area contributed by atoms with Crippen LogP contribution in [-0.4, -0.2) is 18.6 Å². The number of ketones is 1. The van der Waals surface area contributed by atoms with E-state index in [4.69, 9.17) is 0 Å². The Balaban J connectivity index is 3.91. The standard InChI is InChI=1S/C7H13NOS/c1-4-8-7(10-3)5-6(2)9/h5,8H,4H2,1-3H3. The molecule has 0 aliphatic heterocycles. The highest BCUT2D eigenvalue weighted by Gasteiger charge is 1.92. The number of carbonyl (C=O) groups excluding carboxylic acids is 1. The van der Waals surface area contributed by atoms with Gasteiger partial charge in [0.15, 0.2) is 5.78 Å². The second-order valence-corrected chi connectivity index (χ2v) is 2.70. The Kier molecular flexibility index (Phi) is 5.12. The van der Waals surface area contributed by atoms with Crippen molar-refractivity contribution in [3.8, 4) is 0 Å². The van der Waals surface area contributed by atoms with Gasteiger partial charge in [0.2, 0.25) is 0 Å². The van der Waals surface area contributed by atoms with E-state index in [9.17, 15) is 4.79 Å². The Hall–Kier alpha value is -0.440. The minimum absolute atomic E-state index is 0.0882. The molecule has 0 heterocycles. The smallest absolute Gasteiger partial charge is 0.155 e. The summed E-state index contributed by atoms with van der Waals surface area (Å²) in [6.45, 7) is 4.41. The summed E-state index contributed by atoms with van der Waals surface area (Å²) in [5.41, 5.74) is 0. The maximum atomic E-state index is 10.6. The number of allylic oxidation sites excluding steroid dienone is 1. The Morgan fingerprint density at radius 3 is 2.60 bits per heavy atom. The van der Waals surface area contributed by atoms with E-state index in [1.165, 1.54) is 0 Å². The molecule has 0 aromatic heterocycles. The van der Waals surface area contributed by atoms with Crippen LogP contribution in [0, 0.1) is 0 Å². The maximum absolute atomic E-state index is 10.6. The lowest BCUT2D eigenvalue weighted by Gasteiger charge is -2.02. The van der Waals surface area contributed by atoms with Gasteiger partial charge >= 0.3 is 0 Å². The van der Waals surface area contributed by atoms with E-state index in [1.807, 2.05) is 13.2 Å². The van der Waals surface area contributed by atoms with Crippen LogP contribution in [0.5, 0.6) is 0 Å². The molecule has 0 aromatic carbocycles. The van der Waals surface area contributed by atoms with Gasteiger partial charge in [-0.3, -0.25) is 4.79 Å². The molecular formula is C7H13NOS. The van der Waals surface area contributed by atoms with Crippen molar-refractivity contribution in [2.24, 2.45) is 0 Å². The fourth-order valence-electron chi connectivity index (χ4n) is 0.541. The zero-order valence-electron chi connectivity index (χ0n) is 6.60. The lowest BCUT2D eigenvalue weighted by atomic mass is 10.4. The monoisotopic (exact) mass is 159 g/mol. The van der Waals surface area contributed by atoms with Crippen molar-refractivity contribution in [2.45, 2.75) is 13.8 Å². The molecular weight excluding hydrogens is 146 g/mol. The van der Waals surface area contributed by atoms with Crippen LogP contribution >= 0.6 is 11.8 Å². The number of hydrogen-bond acceptors (Lipinski definition) is 3. The van der Waals surface area contributed by atoms with E-state index in [1.54, 1.807) is 24.8 Å². The molecule has 0 unspecified atom stereocenters. The van der Waals surface area contributed by atoms with Gasteiger partial charge in [-0.1, -0.05) is 0 Å². The van der Waals surface area contributed by atoms with Gasteiger partial charge in [0, 0.05) is 12.6 Å². The SMILES string of the molecule is CCNC(=CC(C)=O)SC. The molecule has 0 aliphatic rings. The van der Waals surface area contributed by atoms with Crippen molar-refractivity contribution in [1.82, 2.24) is 5.32 Å². The topological polar surface area (TPSA) is 29.1 Å². The average Bonchev–Trinajstić information content (AvgIpc) is 1.86. The molecule has 58 valence electrons. The predicted molar refractivity (Wildman–Crippen MR) is 46.0 cm³/mol. The van der Waals surface area contributed by atoms with E-state index in [0.29, 0.717) is 0 Å². The van der Waals surface area contributed by atoms with Crippen molar-refractivity contribution in [1.29, 1.82) is 0 Å². The van der Waals surface area contributed by atoms with Gasteiger partial charge in [-0.25, -0.2) is 0 Å². The average molecular weight is 159 g/mol. The van der Waals surface area contributed by atoms with Gasteiger partial charge in [-0.15, -0.1) is 11.8 Å². The number of thioether (sulfide) groups is 1. The molecule has 10 heavy (non-hydrogen) atoms. The maximum Gasteiger partial charge on any atom is 0.155 e. The predicted octanol–water partition coefficient (Wildman–Crippen LogP) is 1.39. The molecule has 0 radical (unpaired) electrons. The van der Waals surface area contributed by atoms with E-state index in [-0.39, 0.29) is 5.78 Å². The van der Waals surface area contributed by atoms with Crippen LogP contribution in [0.25, 0.3) is 0 Å². The molecule has 0 saturated heterocycles. The summed E-state index contributed by atoms with van der Waals surface area (Å²) in [6.07, 6.45) is 3.55. The van der Waals surface area contributed by atoms with Crippen LogP contribution in [0.2, 0.25) is 0 Å². The van der Waals surface area contributed by atoms with Crippen LogP contribution in [0.15, 0.2) is 11.1 Å². The minimum atomic E-state index is 0.0882. The Morgan fingerprint density at radius 1 is 1.70 bits per heavy atom. The number of nitrogens with one attached hydrogen (secondary N) is 1. The Bertz CT molecular complexity index is 143. The van der Waals surface area contributed by atoms with E-state index in [2.05, 4.69) is 5.32 Å². The molecule has 0 rings (SSSR count). The van der Waals surface area contributed by atoms with E-state index < -0.39 is 0 Å². The van der Waals surface area contributed by atoms with Crippen LogP contribution in [-0.2, 0) is 4.79 Å². The number of rotatable bonds is 4. The van der Waals surface area contributed by atoms with Crippen molar-refractivity contribution >= 4 is 17.5 Å². The lowest BCUT2D eigenvalue weighted by Crippen LogP contribution is -2.10. The normalized spacial score (nSPS) is 11.3. The van der Waals surface area contributed by atoms with Crippen molar-refractivity contribution in [3.63, 3.8) is 0 Å². The zero-order valence-corrected chi connectivity index (χ0v) is 7.42. The zero-order chi connectivity index (χ0) is 7.98. The molecule has 3 heteroatoms. The third-order valence-electron chi connectivity index (χ3n) is 0.905. The lowest BCUT2D eigenvalue weighted by molar-refractivity contribution is -0.112. The molecule has 0 atom stereocenters. The molecule has 0 aliphatic carbocycles. The fourth-order valence-corrected chi connectivity index (χ4v) is 1.11. The van der Waals surface area contributed by atoms with Gasteiger partial charge in [0.1, 0.15) is 0 Å². The summed E-state index contributed by atoms with van der Waals surface area (Å²) in [5, 5.41) is 4.01. The minimum Gasteiger partial charge on any atom is -0.380 e. The highest BCUT2D eigenvalue weighted by Crippen LogP contribution is 2.06. The molecule has 0 aromatic rings. The van der Waals surface area contributed by atoms with Crippen molar-refractivity contribution in [3.05, 3.63) is 11.1 Å². The summed E-state index contributed by atoms with van der Waals surface area (Å²) in [5.74, 6) is 0.0882. The van der Waals surface area contributed by atoms with Gasteiger partial charge < -0.3 is 5.32 Å². The van der Waals surface area contributed by atoms with Gasteiger partial charge in [-0.05, 0) is 20.1 Å². The first-order chi connectivity index (χ1) is 4.70. The molecule has 0 saturated carbocycles. The summed E-state index contributed by atoms with van der Waals surface area (Å²) in [4.78, 5) is 10.6. The first-order valence-corrected chi connectivity index (χ1v) is 4.43. The third-order valence-corrected chi connectivity index (χ3v) is 1.61. The highest BCUT2D eigenvalue weighted by atomic mass is 32.2. The summed E-state index contributed by atoms with van der Waals surface area (Å²) in [7, 11) is 0. The van der Waals surface area contributed by atoms with Crippen LogP contribution < -0.4 is 5.32 Å². The number of carbonyl (C=O) groups is 1. The molecule has 2 nitrogen and oxygen atoms in total. The molecule has 1 N–H and O–H groups in total. The van der Waals surface area contributed by atoms with Crippen molar-refractivity contribution in [2.75, 3.05) is 12.8 Å². The quantitative estimate of drug-likeness (QED) is 0.628. The summed E-state index contributed by atoms with van der Waals surface area (Å²) in [6, 6.07) is 0. The van der Waals surface area contributed by atoms with Crippen molar-refractivity contribution < 1.29 is 4.79 Å². The van der Waals surface area contributed by atoms with Crippen LogP contribution in [0.4, 0.5) is 0 Å². The second kappa shape index (κ2) is 5.35. The largest absolute Gasteiger partial charge is 0.380 e. The Morgan fingerprint density at radius 2 is 2.30 bits per heavy atom. The molecule has 0 fully saturated rings. The second-order valence-electron chi connectivity index (χ2n) is 1.85. The van der Waals surface area contributed by atoms with Crippen LogP contribution in [0.3, 0.4) is 0 Å². The van der Waals surface area contributed by atoms with Gasteiger partial charge in [0.25, 0.3) is 0 Å². The highest BCUT2D eigenvalue weighted by molar-refractivity contribution is 8.02. The molecule has 0 amide bonds. The molecule has 0 spiro atoms. The fraction of sp³-hybridized carbons (Fsp3) is 0.571. The van der Waals surface area contributed by atoms with Crippen LogP contribution in [0.1, 0.15) is 13.8 Å². The summed E-state index contributed by atoms with van der Waals surface area (Å²) < 4.78 is 0. The molecule has 0 bridgehead atoms. The number of hydrogen-bond donors (Lipinski definition) is 1. The first kappa shape index (κ1) is 9.56. The third kappa shape index (κ3) is 4.44. The van der Waals surface area contributed by atoms with E-state index in [0.717, 1.165) is 11.6 Å². The van der Waals surface area contributed by atoms with Gasteiger partial charge in [0.05, 0.1) is 5.03 Å². The van der Waals surface area contributed by atoms with Gasteiger partial charge in [-0.2, -0.15) is 0 Å². The van der Waals surface area contributed by atoms with E-state index >= 15 is 0 Å². The summed E-state index contributed by atoms with van der Waals surface area (Å²) >= 11 is 1.55.